The average Bonchev–Trinajstić information content (AvgIpc) is 2.81. The Morgan fingerprint density at radius 3 is 2.89 bits per heavy atom. The van der Waals surface area contributed by atoms with Crippen molar-refractivity contribution in [3.63, 3.8) is 0 Å². The Hall–Kier alpha value is -2.19. The minimum atomic E-state index is -0.0125. The molecule has 0 aliphatic carbocycles. The van der Waals surface area contributed by atoms with Gasteiger partial charge in [0.05, 0.1) is 29.0 Å². The van der Waals surface area contributed by atoms with Gasteiger partial charge in [-0.1, -0.05) is 0 Å². The predicted octanol–water partition coefficient (Wildman–Crippen LogP) is 3.14. The summed E-state index contributed by atoms with van der Waals surface area (Å²) in [5.74, 6) is -0.0125. The number of aryl methyl sites for hydroxylation is 1. The third kappa shape index (κ3) is 2.98. The maximum Gasteiger partial charge on any atom is 0.159 e. The second-order valence-electron chi connectivity index (χ2n) is 4.14. The molecule has 1 heterocycles. The van der Waals surface area contributed by atoms with E-state index in [1.54, 1.807) is 35.0 Å². The molecule has 0 amide bonds. The Labute approximate surface area is 115 Å². The first-order valence-electron chi connectivity index (χ1n) is 5.79. The molecular weight excluding hydrogens is 258 g/mol. The molecule has 2 aromatic rings. The lowest BCUT2D eigenvalue weighted by molar-refractivity contribution is 0.101. The van der Waals surface area contributed by atoms with Gasteiger partial charge in [-0.05, 0) is 32.0 Å². The molecule has 1 aromatic carbocycles. The third-order valence-electron chi connectivity index (χ3n) is 2.83. The van der Waals surface area contributed by atoms with Crippen molar-refractivity contribution < 1.29 is 4.79 Å². The van der Waals surface area contributed by atoms with Gasteiger partial charge in [-0.15, -0.1) is 11.3 Å². The highest BCUT2D eigenvalue weighted by molar-refractivity contribution is 7.09. The van der Waals surface area contributed by atoms with Crippen LogP contribution in [0, 0.1) is 18.3 Å². The molecule has 19 heavy (non-hydrogen) atoms. The molecule has 0 atom stereocenters. The molecule has 0 aliphatic rings. The van der Waals surface area contributed by atoms with Crippen LogP contribution in [0.1, 0.15) is 33.4 Å². The van der Waals surface area contributed by atoms with E-state index < -0.39 is 0 Å². The summed E-state index contributed by atoms with van der Waals surface area (Å²) < 4.78 is 0. The van der Waals surface area contributed by atoms with Crippen LogP contribution in [-0.2, 0) is 6.54 Å². The number of rotatable bonds is 4. The van der Waals surface area contributed by atoms with E-state index >= 15 is 0 Å². The molecule has 4 nitrogen and oxygen atoms in total. The molecule has 0 bridgehead atoms. The summed E-state index contributed by atoms with van der Waals surface area (Å²) in [6.45, 7) is 4.07. The van der Waals surface area contributed by atoms with Gasteiger partial charge in [-0.2, -0.15) is 5.26 Å². The standard InChI is InChI=1S/C14H13N3OS/c1-9-14(19-8-17-9)7-16-13-5-11(10(2)18)3-4-12(13)6-15/h3-5,8,16H,7H2,1-2H3. The van der Waals surface area contributed by atoms with Gasteiger partial charge in [0, 0.05) is 10.4 Å². The molecule has 96 valence electrons. The van der Waals surface area contributed by atoms with Crippen molar-refractivity contribution in [2.24, 2.45) is 0 Å². The number of carbonyl (C=O) groups is 1. The lowest BCUT2D eigenvalue weighted by Crippen LogP contribution is -2.03. The van der Waals surface area contributed by atoms with Gasteiger partial charge in [-0.3, -0.25) is 4.79 Å². The zero-order chi connectivity index (χ0) is 13.8. The van der Waals surface area contributed by atoms with Crippen molar-refractivity contribution >= 4 is 22.8 Å². The van der Waals surface area contributed by atoms with Gasteiger partial charge in [0.15, 0.2) is 5.78 Å². The highest BCUT2D eigenvalue weighted by atomic mass is 32.1. The molecule has 0 radical (unpaired) electrons. The molecule has 1 aromatic heterocycles. The van der Waals surface area contributed by atoms with Crippen LogP contribution in [0.2, 0.25) is 0 Å². The van der Waals surface area contributed by atoms with E-state index in [1.165, 1.54) is 6.92 Å². The van der Waals surface area contributed by atoms with Crippen LogP contribution in [0.5, 0.6) is 0 Å². The number of anilines is 1. The molecule has 5 heteroatoms. The molecule has 0 aliphatic heterocycles. The molecule has 0 saturated heterocycles. The second-order valence-corrected chi connectivity index (χ2v) is 5.08. The lowest BCUT2D eigenvalue weighted by Gasteiger charge is -2.08. The Kier molecular flexibility index (Phi) is 3.93. The van der Waals surface area contributed by atoms with Crippen molar-refractivity contribution in [3.8, 4) is 6.07 Å². The number of nitriles is 1. The van der Waals surface area contributed by atoms with Crippen LogP contribution >= 0.6 is 11.3 Å². The van der Waals surface area contributed by atoms with Gasteiger partial charge < -0.3 is 5.32 Å². The SMILES string of the molecule is CC(=O)c1ccc(C#N)c(NCc2scnc2C)c1. The van der Waals surface area contributed by atoms with Gasteiger partial charge in [0.2, 0.25) is 0 Å². The highest BCUT2D eigenvalue weighted by Gasteiger charge is 2.07. The molecule has 0 fully saturated rings. The number of ketones is 1. The van der Waals surface area contributed by atoms with E-state index in [1.807, 2.05) is 6.92 Å². The monoisotopic (exact) mass is 271 g/mol. The van der Waals surface area contributed by atoms with Crippen LogP contribution in [0.3, 0.4) is 0 Å². The number of Topliss-reactive ketones (excluding diaryl/α,β-unsaturated/α-hetero) is 1. The smallest absolute Gasteiger partial charge is 0.159 e. The Balaban J connectivity index is 2.23. The Morgan fingerprint density at radius 1 is 1.53 bits per heavy atom. The molecule has 2 rings (SSSR count). The number of thiazole rings is 1. The summed E-state index contributed by atoms with van der Waals surface area (Å²) in [5.41, 5.74) is 4.60. The van der Waals surface area contributed by atoms with Gasteiger partial charge >= 0.3 is 0 Å². The number of hydrogen-bond donors (Lipinski definition) is 1. The van der Waals surface area contributed by atoms with Crippen molar-refractivity contribution in [1.82, 2.24) is 4.98 Å². The fraction of sp³-hybridized carbons (Fsp3) is 0.214. The molecule has 1 N–H and O–H groups in total. The van der Waals surface area contributed by atoms with E-state index in [0.29, 0.717) is 23.4 Å². The molecule has 0 unspecified atom stereocenters. The maximum absolute atomic E-state index is 11.4. The van der Waals surface area contributed by atoms with Crippen LogP contribution in [0.4, 0.5) is 5.69 Å². The molecular formula is C14H13N3OS. The quantitative estimate of drug-likeness (QED) is 0.867. The van der Waals surface area contributed by atoms with Crippen LogP contribution in [0.15, 0.2) is 23.7 Å². The fourth-order valence-corrected chi connectivity index (χ4v) is 2.40. The molecule has 0 saturated carbocycles. The second kappa shape index (κ2) is 5.63. The summed E-state index contributed by atoms with van der Waals surface area (Å²) in [6.07, 6.45) is 0. The van der Waals surface area contributed by atoms with Gasteiger partial charge in [0.1, 0.15) is 6.07 Å². The predicted molar refractivity (Wildman–Crippen MR) is 75.3 cm³/mol. The number of hydrogen-bond acceptors (Lipinski definition) is 5. The number of benzene rings is 1. The van der Waals surface area contributed by atoms with Crippen LogP contribution in [0.25, 0.3) is 0 Å². The first-order valence-corrected chi connectivity index (χ1v) is 6.67. The minimum absolute atomic E-state index is 0.0125. The van der Waals surface area contributed by atoms with Crippen LogP contribution < -0.4 is 5.32 Å². The summed E-state index contributed by atoms with van der Waals surface area (Å²) in [7, 11) is 0. The van der Waals surface area contributed by atoms with E-state index in [9.17, 15) is 4.79 Å². The fourth-order valence-electron chi connectivity index (χ4n) is 1.68. The van der Waals surface area contributed by atoms with E-state index in [2.05, 4.69) is 16.4 Å². The van der Waals surface area contributed by atoms with E-state index in [4.69, 9.17) is 5.26 Å². The first kappa shape index (κ1) is 13.2. The summed E-state index contributed by atoms with van der Waals surface area (Å²) in [6, 6.07) is 7.18. The molecule has 0 spiro atoms. The summed E-state index contributed by atoms with van der Waals surface area (Å²) in [5, 5.41) is 12.3. The van der Waals surface area contributed by atoms with E-state index in [-0.39, 0.29) is 5.78 Å². The zero-order valence-corrected chi connectivity index (χ0v) is 11.5. The minimum Gasteiger partial charge on any atom is -0.379 e. The van der Waals surface area contributed by atoms with Crippen molar-refractivity contribution in [1.29, 1.82) is 5.26 Å². The van der Waals surface area contributed by atoms with Gasteiger partial charge in [-0.25, -0.2) is 4.98 Å². The van der Waals surface area contributed by atoms with Crippen molar-refractivity contribution in [2.75, 3.05) is 5.32 Å². The number of nitrogens with zero attached hydrogens (tertiary/aromatic N) is 2. The average molecular weight is 271 g/mol. The largest absolute Gasteiger partial charge is 0.379 e. The normalized spacial score (nSPS) is 9.95. The zero-order valence-electron chi connectivity index (χ0n) is 10.7. The number of carbonyl (C=O) groups excluding carboxylic acids is 1. The van der Waals surface area contributed by atoms with E-state index in [0.717, 1.165) is 10.6 Å². The Morgan fingerprint density at radius 2 is 2.32 bits per heavy atom. The summed E-state index contributed by atoms with van der Waals surface area (Å²) >= 11 is 1.57. The lowest BCUT2D eigenvalue weighted by atomic mass is 10.1. The Bertz CT molecular complexity index is 655. The number of aromatic nitrogens is 1. The van der Waals surface area contributed by atoms with Crippen molar-refractivity contribution in [2.45, 2.75) is 20.4 Å². The summed E-state index contributed by atoms with van der Waals surface area (Å²) in [4.78, 5) is 16.7. The van der Waals surface area contributed by atoms with Crippen molar-refractivity contribution in [3.05, 3.63) is 45.4 Å². The van der Waals surface area contributed by atoms with Gasteiger partial charge in [0.25, 0.3) is 0 Å². The third-order valence-corrected chi connectivity index (χ3v) is 3.77. The highest BCUT2D eigenvalue weighted by Crippen LogP contribution is 2.20. The first-order chi connectivity index (χ1) is 9.11. The van der Waals surface area contributed by atoms with Crippen LogP contribution in [-0.4, -0.2) is 10.8 Å². The number of nitrogens with one attached hydrogen (secondary N) is 1. The maximum atomic E-state index is 11.4. The topological polar surface area (TPSA) is 65.8 Å².